The number of carbonyl (C=O) groups is 2. The molecule has 0 aromatic heterocycles. The van der Waals surface area contributed by atoms with E-state index < -0.39 is 16.8 Å². The van der Waals surface area contributed by atoms with Gasteiger partial charge in [-0.3, -0.25) is 13.8 Å². The minimum absolute atomic E-state index is 0.0527. The van der Waals surface area contributed by atoms with Crippen molar-refractivity contribution in [2.45, 2.75) is 31.6 Å². The van der Waals surface area contributed by atoms with Gasteiger partial charge < -0.3 is 4.74 Å². The first-order valence-corrected chi connectivity index (χ1v) is 7.47. The molecule has 0 fully saturated rings. The van der Waals surface area contributed by atoms with E-state index in [1.54, 1.807) is 19.1 Å². The smallest absolute Gasteiger partial charge is 0.306 e. The quantitative estimate of drug-likeness (QED) is 0.718. The summed E-state index contributed by atoms with van der Waals surface area (Å²) in [4.78, 5) is 23.4. The zero-order chi connectivity index (χ0) is 14.3. The fraction of sp³-hybridized carbons (Fsp3) is 0.429. The zero-order valence-corrected chi connectivity index (χ0v) is 12.0. The van der Waals surface area contributed by atoms with Gasteiger partial charge in [-0.2, -0.15) is 0 Å². The minimum atomic E-state index is -1.34. The topological polar surface area (TPSA) is 60.4 Å². The van der Waals surface area contributed by atoms with E-state index in [0.29, 0.717) is 11.5 Å². The summed E-state index contributed by atoms with van der Waals surface area (Å²) in [5.41, 5.74) is 1.00. The van der Waals surface area contributed by atoms with Crippen LogP contribution in [-0.4, -0.2) is 28.3 Å². The maximum absolute atomic E-state index is 12.0. The van der Waals surface area contributed by atoms with Crippen molar-refractivity contribution in [1.29, 1.82) is 0 Å². The van der Waals surface area contributed by atoms with Crippen molar-refractivity contribution in [3.05, 3.63) is 29.8 Å². The van der Waals surface area contributed by atoms with Crippen LogP contribution in [0.15, 0.2) is 29.2 Å². The van der Waals surface area contributed by atoms with Gasteiger partial charge in [-0.1, -0.05) is 12.1 Å². The van der Waals surface area contributed by atoms with E-state index in [1.807, 2.05) is 19.1 Å². The molecular weight excluding hydrogens is 264 g/mol. The lowest BCUT2D eigenvalue weighted by atomic mass is 10.2. The van der Waals surface area contributed by atoms with E-state index in [-0.39, 0.29) is 24.4 Å². The molecule has 1 aromatic rings. The van der Waals surface area contributed by atoms with Gasteiger partial charge in [0.05, 0.1) is 29.6 Å². The van der Waals surface area contributed by atoms with Crippen molar-refractivity contribution >= 4 is 22.6 Å². The second-order valence-corrected chi connectivity index (χ2v) is 5.60. The number of ether oxygens (including phenoxy) is 1. The third-order valence-corrected chi connectivity index (χ3v) is 3.82. The molecule has 0 bridgehead atoms. The lowest BCUT2D eigenvalue weighted by Crippen LogP contribution is -2.13. The van der Waals surface area contributed by atoms with Crippen molar-refractivity contribution in [3.8, 4) is 0 Å². The molecule has 4 nitrogen and oxygen atoms in total. The first-order chi connectivity index (χ1) is 9.02. The Kier molecular flexibility index (Phi) is 6.42. The Hall–Kier alpha value is -1.49. The van der Waals surface area contributed by atoms with Crippen molar-refractivity contribution in [2.75, 3.05) is 12.4 Å². The molecule has 0 aliphatic carbocycles. The van der Waals surface area contributed by atoms with Crippen LogP contribution in [0.25, 0.3) is 0 Å². The average Bonchev–Trinajstić information content (AvgIpc) is 2.36. The standard InChI is InChI=1S/C14H18O4S/c1-3-18-14(16)8-7-12(15)10-19(17)13-6-4-5-11(2)9-13/h4-6,9H,3,7-8,10H2,1-2H3. The molecule has 0 aliphatic rings. The molecule has 1 aromatic carbocycles. The Labute approximate surface area is 115 Å². The van der Waals surface area contributed by atoms with Gasteiger partial charge in [-0.05, 0) is 31.5 Å². The van der Waals surface area contributed by atoms with Gasteiger partial charge in [0.2, 0.25) is 0 Å². The number of carbonyl (C=O) groups excluding carboxylic acids is 2. The number of esters is 1. The molecule has 1 unspecified atom stereocenters. The zero-order valence-electron chi connectivity index (χ0n) is 11.2. The highest BCUT2D eigenvalue weighted by Crippen LogP contribution is 2.10. The monoisotopic (exact) mass is 282 g/mol. The van der Waals surface area contributed by atoms with Crippen LogP contribution < -0.4 is 0 Å². The maximum atomic E-state index is 12.0. The average molecular weight is 282 g/mol. The number of rotatable bonds is 7. The lowest BCUT2D eigenvalue weighted by molar-refractivity contribution is -0.144. The van der Waals surface area contributed by atoms with E-state index in [2.05, 4.69) is 0 Å². The summed E-state index contributed by atoms with van der Waals surface area (Å²) in [6.07, 6.45) is 0.133. The number of benzene rings is 1. The molecule has 1 rings (SSSR count). The van der Waals surface area contributed by atoms with Gasteiger partial charge >= 0.3 is 5.97 Å². The normalized spacial score (nSPS) is 11.9. The van der Waals surface area contributed by atoms with Gasteiger partial charge in [0.15, 0.2) is 0 Å². The molecule has 0 spiro atoms. The number of ketones is 1. The predicted octanol–water partition coefficient (Wildman–Crippen LogP) is 2.02. The lowest BCUT2D eigenvalue weighted by Gasteiger charge is -2.03. The highest BCUT2D eigenvalue weighted by atomic mass is 32.2. The molecule has 0 aliphatic heterocycles. The van der Waals surface area contributed by atoms with Crippen LogP contribution >= 0.6 is 0 Å². The Morgan fingerprint density at radius 1 is 1.26 bits per heavy atom. The highest BCUT2D eigenvalue weighted by Gasteiger charge is 2.12. The fourth-order valence-electron chi connectivity index (χ4n) is 1.53. The molecule has 0 N–H and O–H groups in total. The van der Waals surface area contributed by atoms with E-state index in [1.165, 1.54) is 0 Å². The van der Waals surface area contributed by atoms with Crippen LogP contribution in [0.4, 0.5) is 0 Å². The number of Topliss-reactive ketones (excluding diaryl/α,β-unsaturated/α-hetero) is 1. The van der Waals surface area contributed by atoms with Gasteiger partial charge in [0.1, 0.15) is 5.78 Å². The van der Waals surface area contributed by atoms with Crippen molar-refractivity contribution in [1.82, 2.24) is 0 Å². The molecule has 104 valence electrons. The Balaban J connectivity index is 2.44. The summed E-state index contributed by atoms with van der Waals surface area (Å²) in [7, 11) is -1.34. The van der Waals surface area contributed by atoms with Crippen LogP contribution in [-0.2, 0) is 25.1 Å². The summed E-state index contributed by atoms with van der Waals surface area (Å²) >= 11 is 0. The molecular formula is C14H18O4S. The molecule has 0 heterocycles. The third-order valence-electron chi connectivity index (χ3n) is 2.46. The predicted molar refractivity (Wildman–Crippen MR) is 73.3 cm³/mol. The number of aryl methyl sites for hydroxylation is 1. The second-order valence-electron chi connectivity index (χ2n) is 4.15. The van der Waals surface area contributed by atoms with Gasteiger partial charge in [0.25, 0.3) is 0 Å². The van der Waals surface area contributed by atoms with Gasteiger partial charge in [-0.25, -0.2) is 0 Å². The van der Waals surface area contributed by atoms with Crippen molar-refractivity contribution < 1.29 is 18.5 Å². The van der Waals surface area contributed by atoms with Gasteiger partial charge in [-0.15, -0.1) is 0 Å². The highest BCUT2D eigenvalue weighted by molar-refractivity contribution is 7.85. The van der Waals surface area contributed by atoms with Crippen LogP contribution in [0.2, 0.25) is 0 Å². The van der Waals surface area contributed by atoms with E-state index in [9.17, 15) is 13.8 Å². The molecule has 1 atom stereocenters. The number of hydrogen-bond donors (Lipinski definition) is 0. The van der Waals surface area contributed by atoms with Crippen LogP contribution in [0, 0.1) is 6.92 Å². The van der Waals surface area contributed by atoms with Crippen molar-refractivity contribution in [3.63, 3.8) is 0 Å². The maximum Gasteiger partial charge on any atom is 0.306 e. The SMILES string of the molecule is CCOC(=O)CCC(=O)CS(=O)c1cccc(C)c1. The van der Waals surface area contributed by atoms with E-state index >= 15 is 0 Å². The van der Waals surface area contributed by atoms with Crippen LogP contribution in [0.1, 0.15) is 25.3 Å². The van der Waals surface area contributed by atoms with Crippen molar-refractivity contribution in [2.24, 2.45) is 0 Å². The fourth-order valence-corrected chi connectivity index (χ4v) is 2.68. The first kappa shape index (κ1) is 15.6. The van der Waals surface area contributed by atoms with Crippen LogP contribution in [0.5, 0.6) is 0 Å². The second kappa shape index (κ2) is 7.84. The summed E-state index contributed by atoms with van der Waals surface area (Å²) < 4.78 is 16.7. The minimum Gasteiger partial charge on any atom is -0.466 e. The first-order valence-electron chi connectivity index (χ1n) is 6.15. The van der Waals surface area contributed by atoms with E-state index in [4.69, 9.17) is 4.74 Å². The van der Waals surface area contributed by atoms with Crippen LogP contribution in [0.3, 0.4) is 0 Å². The molecule has 0 saturated heterocycles. The van der Waals surface area contributed by atoms with E-state index in [0.717, 1.165) is 5.56 Å². The third kappa shape index (κ3) is 5.79. The summed E-state index contributed by atoms with van der Waals surface area (Å²) in [5, 5.41) is 0. The number of hydrogen-bond acceptors (Lipinski definition) is 4. The molecule has 0 amide bonds. The van der Waals surface area contributed by atoms with Gasteiger partial charge in [0, 0.05) is 11.3 Å². The molecule has 5 heteroatoms. The summed E-state index contributed by atoms with van der Waals surface area (Å²) in [6.45, 7) is 3.93. The molecule has 19 heavy (non-hydrogen) atoms. The Morgan fingerprint density at radius 2 is 2.00 bits per heavy atom. The molecule has 0 saturated carbocycles. The Bertz CT molecular complexity index is 482. The summed E-state index contributed by atoms with van der Waals surface area (Å²) in [5.74, 6) is -0.631. The Morgan fingerprint density at radius 3 is 2.63 bits per heavy atom. The summed E-state index contributed by atoms with van der Waals surface area (Å²) in [6, 6.07) is 7.26. The molecule has 0 radical (unpaired) electrons. The largest absolute Gasteiger partial charge is 0.466 e.